The summed E-state index contributed by atoms with van der Waals surface area (Å²) >= 11 is 5.63. The molecule has 30 heavy (non-hydrogen) atoms. The standard InChI is InChI=1S/C22H17N2O4PS/c25-22-17(16-26-21-14-8-7-13-20(21)22)15-23-24-29(30,27-18-9-3-1-4-10-18)28-19-11-5-2-6-12-19/h1-16H,(H,24,30)/b23-15+. The van der Waals surface area contributed by atoms with Gasteiger partial charge in [-0.05, 0) is 36.4 Å². The van der Waals surface area contributed by atoms with Crippen LogP contribution in [-0.2, 0) is 11.8 Å². The van der Waals surface area contributed by atoms with Crippen LogP contribution in [0.2, 0.25) is 0 Å². The second-order valence-corrected chi connectivity index (χ2v) is 9.18. The molecule has 0 aliphatic heterocycles. The lowest BCUT2D eigenvalue weighted by molar-refractivity contribution is 0.472. The summed E-state index contributed by atoms with van der Waals surface area (Å²) in [6, 6.07) is 25.2. The first-order chi connectivity index (χ1) is 14.6. The van der Waals surface area contributed by atoms with Crippen LogP contribution in [0.15, 0.2) is 106 Å². The van der Waals surface area contributed by atoms with Crippen LogP contribution < -0.4 is 19.7 Å². The minimum absolute atomic E-state index is 0.191. The first-order valence-corrected chi connectivity index (χ1v) is 11.7. The molecule has 3 aromatic carbocycles. The maximum atomic E-state index is 12.6. The molecule has 0 radical (unpaired) electrons. The maximum Gasteiger partial charge on any atom is 0.408 e. The Morgan fingerprint density at radius 3 is 2.07 bits per heavy atom. The molecule has 1 aromatic heterocycles. The van der Waals surface area contributed by atoms with Gasteiger partial charge in [0.2, 0.25) is 5.43 Å². The molecule has 0 saturated carbocycles. The van der Waals surface area contributed by atoms with Crippen molar-refractivity contribution >= 4 is 35.6 Å². The van der Waals surface area contributed by atoms with E-state index in [-0.39, 0.29) is 11.0 Å². The highest BCUT2D eigenvalue weighted by Gasteiger charge is 2.22. The molecule has 0 bridgehead atoms. The minimum Gasteiger partial charge on any atom is -0.463 e. The van der Waals surface area contributed by atoms with Crippen LogP contribution in [-0.4, -0.2) is 6.21 Å². The summed E-state index contributed by atoms with van der Waals surface area (Å²) in [7, 11) is 0. The summed E-state index contributed by atoms with van der Waals surface area (Å²) in [6.45, 7) is -3.11. The molecule has 0 aliphatic carbocycles. The number of hydrogen-bond acceptors (Lipinski definition) is 6. The summed E-state index contributed by atoms with van der Waals surface area (Å²) in [6.07, 6.45) is 2.71. The van der Waals surface area contributed by atoms with Gasteiger partial charge >= 0.3 is 6.64 Å². The lowest BCUT2D eigenvalue weighted by atomic mass is 10.2. The normalized spacial score (nSPS) is 11.5. The molecule has 0 fully saturated rings. The molecular formula is C22H17N2O4PS. The fraction of sp³-hybridized carbons (Fsp3) is 0. The molecule has 4 aromatic rings. The summed E-state index contributed by atoms with van der Waals surface area (Å²) in [5, 5.41) is 7.40. The minimum atomic E-state index is -3.11. The molecule has 0 spiro atoms. The van der Waals surface area contributed by atoms with Gasteiger partial charge in [0.15, 0.2) is 0 Å². The molecule has 1 N–H and O–H groups in total. The van der Waals surface area contributed by atoms with Crippen LogP contribution in [0.5, 0.6) is 11.5 Å². The van der Waals surface area contributed by atoms with E-state index in [0.29, 0.717) is 22.5 Å². The predicted octanol–water partition coefficient (Wildman–Crippen LogP) is 5.10. The number of hydrogen-bond donors (Lipinski definition) is 1. The Balaban J connectivity index is 1.59. The van der Waals surface area contributed by atoms with Crippen molar-refractivity contribution in [1.82, 2.24) is 5.20 Å². The number of nitrogens with one attached hydrogen (secondary N) is 1. The summed E-state index contributed by atoms with van der Waals surface area (Å²) < 4.78 is 17.3. The van der Waals surface area contributed by atoms with E-state index in [1.807, 2.05) is 36.4 Å². The molecule has 0 unspecified atom stereocenters. The van der Waals surface area contributed by atoms with Crippen molar-refractivity contribution < 1.29 is 13.5 Å². The van der Waals surface area contributed by atoms with Crippen molar-refractivity contribution in [2.24, 2.45) is 5.10 Å². The SMILES string of the molecule is O=c1c(/C=N/NP(=S)(Oc2ccccc2)Oc2ccccc2)coc2ccccc12. The fourth-order valence-corrected chi connectivity index (χ4v) is 4.43. The molecule has 6 nitrogen and oxygen atoms in total. The number of nitrogens with zero attached hydrogens (tertiary/aromatic N) is 1. The molecule has 0 amide bonds. The van der Waals surface area contributed by atoms with Gasteiger partial charge in [-0.15, -0.1) is 0 Å². The van der Waals surface area contributed by atoms with Crippen molar-refractivity contribution in [3.05, 3.63) is 107 Å². The number of para-hydroxylation sites is 3. The van der Waals surface area contributed by atoms with E-state index < -0.39 is 6.64 Å². The lowest BCUT2D eigenvalue weighted by Crippen LogP contribution is -2.15. The van der Waals surface area contributed by atoms with Gasteiger partial charge in [0.1, 0.15) is 23.3 Å². The van der Waals surface area contributed by atoms with Crippen LogP contribution in [0, 0.1) is 0 Å². The third-order valence-corrected chi connectivity index (χ3v) is 5.98. The quantitative estimate of drug-likeness (QED) is 0.247. The van der Waals surface area contributed by atoms with Gasteiger partial charge in [-0.2, -0.15) is 5.10 Å². The molecule has 0 atom stereocenters. The average Bonchev–Trinajstić information content (AvgIpc) is 2.77. The average molecular weight is 436 g/mol. The van der Waals surface area contributed by atoms with Crippen LogP contribution in [0.25, 0.3) is 11.0 Å². The van der Waals surface area contributed by atoms with Crippen LogP contribution in [0.4, 0.5) is 0 Å². The van der Waals surface area contributed by atoms with Gasteiger partial charge in [0, 0.05) is 11.8 Å². The Kier molecular flexibility index (Phi) is 5.93. The van der Waals surface area contributed by atoms with Crippen molar-refractivity contribution in [2.45, 2.75) is 0 Å². The molecule has 8 heteroatoms. The highest BCUT2D eigenvalue weighted by Crippen LogP contribution is 2.45. The molecule has 4 rings (SSSR count). The third-order valence-electron chi connectivity index (χ3n) is 4.03. The zero-order valence-electron chi connectivity index (χ0n) is 15.7. The van der Waals surface area contributed by atoms with Gasteiger partial charge in [-0.25, -0.2) is 5.20 Å². The van der Waals surface area contributed by atoms with Crippen molar-refractivity contribution in [3.63, 3.8) is 0 Å². The Morgan fingerprint density at radius 1 is 0.867 bits per heavy atom. The van der Waals surface area contributed by atoms with E-state index in [4.69, 9.17) is 25.3 Å². The third kappa shape index (κ3) is 4.76. The molecule has 1 heterocycles. The van der Waals surface area contributed by atoms with E-state index in [2.05, 4.69) is 10.3 Å². The van der Waals surface area contributed by atoms with Crippen molar-refractivity contribution in [3.8, 4) is 11.5 Å². The van der Waals surface area contributed by atoms with Crippen LogP contribution in [0.3, 0.4) is 0 Å². The molecule has 0 saturated heterocycles. The van der Waals surface area contributed by atoms with Gasteiger partial charge in [-0.1, -0.05) is 48.5 Å². The van der Waals surface area contributed by atoms with Gasteiger partial charge in [-0.3, -0.25) is 4.79 Å². The zero-order valence-corrected chi connectivity index (χ0v) is 17.4. The number of benzene rings is 3. The predicted molar refractivity (Wildman–Crippen MR) is 122 cm³/mol. The second kappa shape index (κ2) is 8.95. The van der Waals surface area contributed by atoms with Crippen LogP contribution >= 0.6 is 6.64 Å². The zero-order chi connectivity index (χ0) is 20.8. The smallest absolute Gasteiger partial charge is 0.408 e. The monoisotopic (exact) mass is 436 g/mol. The number of rotatable bonds is 7. The van der Waals surface area contributed by atoms with Crippen molar-refractivity contribution in [1.29, 1.82) is 0 Å². The second-order valence-electron chi connectivity index (χ2n) is 6.18. The van der Waals surface area contributed by atoms with E-state index in [0.717, 1.165) is 0 Å². The fourth-order valence-electron chi connectivity index (χ4n) is 2.65. The highest BCUT2D eigenvalue weighted by atomic mass is 32.5. The van der Waals surface area contributed by atoms with E-state index >= 15 is 0 Å². The molecule has 150 valence electrons. The number of fused-ring (bicyclic) bond motifs is 1. The van der Waals surface area contributed by atoms with E-state index in [1.54, 1.807) is 48.5 Å². The highest BCUT2D eigenvalue weighted by molar-refractivity contribution is 8.09. The van der Waals surface area contributed by atoms with Crippen molar-refractivity contribution in [2.75, 3.05) is 0 Å². The Hall–Kier alpha value is -3.41. The summed E-state index contributed by atoms with van der Waals surface area (Å²) in [4.78, 5) is 12.6. The summed E-state index contributed by atoms with van der Waals surface area (Å²) in [5.41, 5.74) is 0.600. The Morgan fingerprint density at radius 2 is 1.43 bits per heavy atom. The molecular weight excluding hydrogens is 419 g/mol. The topological polar surface area (TPSA) is 73.1 Å². The lowest BCUT2D eigenvalue weighted by Gasteiger charge is -2.22. The largest absolute Gasteiger partial charge is 0.463 e. The first-order valence-electron chi connectivity index (χ1n) is 9.03. The van der Waals surface area contributed by atoms with E-state index in [1.165, 1.54) is 12.5 Å². The van der Waals surface area contributed by atoms with Gasteiger partial charge in [0.25, 0.3) is 0 Å². The van der Waals surface area contributed by atoms with E-state index in [9.17, 15) is 4.79 Å². The van der Waals surface area contributed by atoms with Gasteiger partial charge < -0.3 is 13.5 Å². The van der Waals surface area contributed by atoms with Gasteiger partial charge in [0.05, 0.1) is 17.2 Å². The Bertz CT molecular complexity index is 1230. The molecule has 0 aliphatic rings. The van der Waals surface area contributed by atoms with Crippen LogP contribution in [0.1, 0.15) is 5.56 Å². The number of hydrazone groups is 1. The first kappa shape index (κ1) is 19.9. The maximum absolute atomic E-state index is 12.6. The Labute approximate surface area is 178 Å². The summed E-state index contributed by atoms with van der Waals surface area (Å²) in [5.74, 6) is 1.09.